The van der Waals surface area contributed by atoms with E-state index >= 15 is 0 Å². The van der Waals surface area contributed by atoms with Gasteiger partial charge < -0.3 is 57.1 Å². The molecule has 394 valence electrons. The van der Waals surface area contributed by atoms with Gasteiger partial charge in [0.25, 0.3) is 11.8 Å². The number of hydrogen-bond acceptors (Lipinski definition) is 11. The van der Waals surface area contributed by atoms with Crippen LogP contribution >= 0.6 is 0 Å². The third-order valence-corrected chi connectivity index (χ3v) is 14.2. The van der Waals surface area contributed by atoms with Crippen molar-refractivity contribution < 1.29 is 38.4 Å². The highest BCUT2D eigenvalue weighted by Crippen LogP contribution is 2.33. The second-order valence-corrected chi connectivity index (χ2v) is 21.8. The van der Waals surface area contributed by atoms with Gasteiger partial charge in [-0.15, -0.1) is 0 Å². The Morgan fingerprint density at radius 3 is 1.49 bits per heavy atom. The number of rotatable bonds is 16. The summed E-state index contributed by atoms with van der Waals surface area (Å²) < 4.78 is 0. The number of aldehydes is 1. The minimum atomic E-state index is -0.951. The maximum atomic E-state index is 14.3. The van der Waals surface area contributed by atoms with Gasteiger partial charge in [-0.1, -0.05) is 90.1 Å². The van der Waals surface area contributed by atoms with Crippen LogP contribution in [0.5, 0.6) is 0 Å². The zero-order valence-corrected chi connectivity index (χ0v) is 43.9. The van der Waals surface area contributed by atoms with Crippen molar-refractivity contribution in [1.82, 2.24) is 52.3 Å². The molecule has 7 rings (SSSR count). The van der Waals surface area contributed by atoms with Crippen molar-refractivity contribution >= 4 is 47.6 Å². The van der Waals surface area contributed by atoms with Crippen molar-refractivity contribution in [2.24, 2.45) is 10.8 Å². The second-order valence-electron chi connectivity index (χ2n) is 21.8. The molecule has 18 nitrogen and oxygen atoms in total. The van der Waals surface area contributed by atoms with Crippen molar-refractivity contribution in [3.63, 3.8) is 0 Å². The molecule has 0 bridgehead atoms. The van der Waals surface area contributed by atoms with E-state index in [2.05, 4.69) is 66.8 Å². The van der Waals surface area contributed by atoms with E-state index in [9.17, 15) is 38.4 Å². The zero-order chi connectivity index (χ0) is 53.2. The van der Waals surface area contributed by atoms with Gasteiger partial charge in [-0.05, 0) is 117 Å². The summed E-state index contributed by atoms with van der Waals surface area (Å²) in [6.45, 7) is 11.1. The molecular weight excluding hydrogens is 929 g/mol. The first-order valence-corrected chi connectivity index (χ1v) is 25.5. The number of carbonyl (C=O) groups is 8. The van der Waals surface area contributed by atoms with Crippen LogP contribution in [0, 0.1) is 10.8 Å². The fourth-order valence-electron chi connectivity index (χ4n) is 10.3. The molecule has 2 aliphatic heterocycles. The average molecular weight is 1010 g/mol. The van der Waals surface area contributed by atoms with Crippen molar-refractivity contribution in [1.29, 1.82) is 0 Å². The summed E-state index contributed by atoms with van der Waals surface area (Å²) in [6, 6.07) is 18.3. The monoisotopic (exact) mass is 1000 g/mol. The van der Waals surface area contributed by atoms with Crippen LogP contribution in [0.4, 0.5) is 0 Å². The zero-order valence-electron chi connectivity index (χ0n) is 43.9. The molecule has 2 heterocycles. The van der Waals surface area contributed by atoms with Gasteiger partial charge in [-0.3, -0.25) is 33.6 Å². The first-order chi connectivity index (χ1) is 34.7. The lowest BCUT2D eigenvalue weighted by molar-refractivity contribution is -0.144. The van der Waals surface area contributed by atoms with Crippen LogP contribution in [0.2, 0.25) is 0 Å². The second kappa shape index (κ2) is 24.5. The largest absolute Gasteiger partial charge is 0.347 e. The number of benzene rings is 3. The van der Waals surface area contributed by atoms with Crippen LogP contribution < -0.4 is 42.5 Å². The summed E-state index contributed by atoms with van der Waals surface area (Å²) in [5.41, 5.74) is 4.34. The Hall–Kier alpha value is -6.50. The Balaban J connectivity index is 0.000000690. The van der Waals surface area contributed by atoms with E-state index in [1.807, 2.05) is 72.9 Å². The van der Waals surface area contributed by atoms with Crippen LogP contribution in [0.15, 0.2) is 72.8 Å². The lowest BCUT2D eigenvalue weighted by Gasteiger charge is -2.35. The molecular formula is C55H76N10O8. The predicted octanol–water partition coefficient (Wildman–Crippen LogP) is 2.48. The molecule has 2 aliphatic carbocycles. The van der Waals surface area contributed by atoms with Crippen molar-refractivity contribution in [2.45, 2.75) is 128 Å². The molecule has 0 radical (unpaired) electrons. The molecule has 2 saturated heterocycles. The molecule has 8 unspecified atom stereocenters. The molecule has 8 atom stereocenters. The topological polar surface area (TPSA) is 239 Å². The number of likely N-dealkylation sites (tertiary alicyclic amines) is 2. The normalized spacial score (nSPS) is 21.9. The minimum Gasteiger partial charge on any atom is -0.347 e. The van der Waals surface area contributed by atoms with Crippen LogP contribution in [-0.4, -0.2) is 141 Å². The third kappa shape index (κ3) is 14.0. The van der Waals surface area contributed by atoms with Crippen LogP contribution in [0.3, 0.4) is 0 Å². The first kappa shape index (κ1) is 55.8. The molecule has 3 aromatic rings. The van der Waals surface area contributed by atoms with E-state index in [1.165, 1.54) is 58.0 Å². The highest BCUT2D eigenvalue weighted by molar-refractivity contribution is 5.99. The van der Waals surface area contributed by atoms with Crippen molar-refractivity contribution in [3.8, 4) is 0 Å². The highest BCUT2D eigenvalue weighted by atomic mass is 16.2. The standard InChI is InChI=1S/C45H63N9O8.C10H13N/c1-44(2,3)37(51-35(56)21-46-7)42(61)53-23-29(19-31(53)25-55)48-39(58)27-13-15-28(16-14-27)40(59)49-30-20-34(41(60)50-33-18-17-26-11-9-10-12-32(26)33)54(24-30)43(62)38(45(4,5)6)52-36(57)22-47-8;1-11-10-7-6-8-4-2-3-5-9(8)10/h9-16,25,29-31,33-34,37-38,46-47H,17-24H2,1-8H3,(H,48,58)(H,49,59)(H,50,60)(H,51,56)(H,52,57);2-5,10-11H,6-7H2,1H3. The molecule has 0 aromatic heterocycles. The number of aryl methyl sites for hydroxylation is 2. The molecule has 7 amide bonds. The smallest absolute Gasteiger partial charge is 0.251 e. The summed E-state index contributed by atoms with van der Waals surface area (Å²) in [7, 11) is 5.29. The summed E-state index contributed by atoms with van der Waals surface area (Å²) >= 11 is 0. The number of fused-ring (bicyclic) bond motifs is 2. The van der Waals surface area contributed by atoms with Crippen LogP contribution in [-0.2, 0) is 41.6 Å². The molecule has 8 N–H and O–H groups in total. The Labute approximate surface area is 429 Å². The maximum Gasteiger partial charge on any atom is 0.251 e. The number of carbonyl (C=O) groups excluding carboxylic acids is 8. The van der Waals surface area contributed by atoms with Crippen molar-refractivity contribution in [3.05, 3.63) is 106 Å². The van der Waals surface area contributed by atoms with E-state index in [-0.39, 0.29) is 73.9 Å². The van der Waals surface area contributed by atoms with E-state index in [0.29, 0.717) is 12.3 Å². The lowest BCUT2D eigenvalue weighted by atomic mass is 9.85. The molecule has 4 aliphatic rings. The Morgan fingerprint density at radius 1 is 0.589 bits per heavy atom. The van der Waals surface area contributed by atoms with Crippen molar-refractivity contribution in [2.75, 3.05) is 47.3 Å². The number of likely N-dealkylation sites (N-methyl/N-ethyl adjacent to an activating group) is 2. The van der Waals surface area contributed by atoms with E-state index in [4.69, 9.17) is 0 Å². The summed E-state index contributed by atoms with van der Waals surface area (Å²) in [5, 5.41) is 23.5. The summed E-state index contributed by atoms with van der Waals surface area (Å²) in [4.78, 5) is 109. The molecule has 0 spiro atoms. The Morgan fingerprint density at radius 2 is 1.03 bits per heavy atom. The number of nitrogens with zero attached hydrogens (tertiary/aromatic N) is 2. The van der Waals surface area contributed by atoms with Gasteiger partial charge in [-0.2, -0.15) is 0 Å². The van der Waals surface area contributed by atoms with Gasteiger partial charge in [-0.25, -0.2) is 0 Å². The number of nitrogens with one attached hydrogen (secondary N) is 8. The predicted molar refractivity (Wildman–Crippen MR) is 278 cm³/mol. The third-order valence-electron chi connectivity index (χ3n) is 14.2. The lowest BCUT2D eigenvalue weighted by Crippen LogP contribution is -2.58. The molecule has 3 aromatic carbocycles. The molecule has 73 heavy (non-hydrogen) atoms. The fourth-order valence-corrected chi connectivity index (χ4v) is 10.3. The van der Waals surface area contributed by atoms with Crippen LogP contribution in [0.25, 0.3) is 0 Å². The van der Waals surface area contributed by atoms with E-state index in [1.54, 1.807) is 14.1 Å². The van der Waals surface area contributed by atoms with Crippen LogP contribution in [0.1, 0.15) is 122 Å². The molecule has 0 saturated carbocycles. The van der Waals surface area contributed by atoms with Gasteiger partial charge in [0.15, 0.2) is 0 Å². The van der Waals surface area contributed by atoms with Gasteiger partial charge in [0, 0.05) is 42.3 Å². The first-order valence-electron chi connectivity index (χ1n) is 25.5. The molecule has 2 fully saturated rings. The quantitative estimate of drug-likeness (QED) is 0.0971. The van der Waals surface area contributed by atoms with Gasteiger partial charge in [0.2, 0.25) is 29.5 Å². The fraction of sp³-hybridized carbons (Fsp3) is 0.527. The van der Waals surface area contributed by atoms with Gasteiger partial charge >= 0.3 is 0 Å². The minimum absolute atomic E-state index is 0.00246. The average Bonchev–Trinajstić information content (AvgIpc) is 4.17. The number of hydrogen-bond donors (Lipinski definition) is 8. The highest BCUT2D eigenvalue weighted by Gasteiger charge is 2.46. The van der Waals surface area contributed by atoms with Gasteiger partial charge in [0.05, 0.1) is 25.2 Å². The maximum absolute atomic E-state index is 14.3. The SMILES string of the molecule is CNC1CCc2ccccc21.CNCC(=O)NC(C(=O)N1CC(NC(=O)c2ccc(C(=O)NC3CC(C(=O)NC4CCc5ccccc54)N(C(=O)C(NC(=O)CNC)C(C)(C)C)C3)cc2)CC1C=O)C(C)(C)C. The molecule has 18 heteroatoms. The van der Waals surface area contributed by atoms with Gasteiger partial charge in [0.1, 0.15) is 24.4 Å². The Bertz CT molecular complexity index is 2490. The Kier molecular flexibility index (Phi) is 18.7. The van der Waals surface area contributed by atoms with E-state index < -0.39 is 70.7 Å². The summed E-state index contributed by atoms with van der Waals surface area (Å²) in [6.07, 6.45) is 5.03. The van der Waals surface area contributed by atoms with E-state index in [0.717, 1.165) is 24.0 Å². The summed E-state index contributed by atoms with van der Waals surface area (Å²) in [5.74, 6) is -2.86. The number of amides is 7.